The third-order valence-electron chi connectivity index (χ3n) is 1.34. The molecule has 0 heterocycles. The third kappa shape index (κ3) is 1.77. The minimum Gasteiger partial charge on any atom is -0.343 e. The lowest BCUT2D eigenvalue weighted by atomic mass is 10.1. The van der Waals surface area contributed by atoms with Gasteiger partial charge in [0.1, 0.15) is 11.9 Å². The highest BCUT2D eigenvalue weighted by Gasteiger charge is 2.05. The Hall–Kier alpha value is -1.46. The van der Waals surface area contributed by atoms with Gasteiger partial charge in [0.25, 0.3) is 0 Å². The highest BCUT2D eigenvalue weighted by Crippen LogP contribution is 2.06. The van der Waals surface area contributed by atoms with E-state index >= 15 is 0 Å². The highest BCUT2D eigenvalue weighted by atomic mass is 35.5. The van der Waals surface area contributed by atoms with E-state index in [9.17, 15) is 4.79 Å². The molecular formula is C9H5ClO2. The Bertz CT molecular complexity index is 339. The Morgan fingerprint density at radius 1 is 1.58 bits per heavy atom. The normalized spacial score (nSPS) is 8.67. The average molecular weight is 181 g/mol. The number of terminal acetylenes is 1. The molecule has 0 amide bonds. The number of hydrogen-bond acceptors (Lipinski definition) is 2. The van der Waals surface area contributed by atoms with Crippen LogP contribution in [-0.2, 0) is 4.29 Å². The molecule has 0 aliphatic carbocycles. The molecule has 1 rings (SSSR count). The van der Waals surface area contributed by atoms with Crippen LogP contribution >= 0.6 is 11.9 Å². The smallest absolute Gasteiger partial charge is 0.343 e. The van der Waals surface area contributed by atoms with Crippen molar-refractivity contribution in [1.82, 2.24) is 0 Å². The Morgan fingerprint density at radius 2 is 2.33 bits per heavy atom. The maximum Gasteiger partial charge on any atom is 0.356 e. The Kier molecular flexibility index (Phi) is 2.73. The van der Waals surface area contributed by atoms with Crippen molar-refractivity contribution in [2.45, 2.75) is 0 Å². The first-order chi connectivity index (χ1) is 5.77. The zero-order chi connectivity index (χ0) is 8.97. The molecule has 0 aromatic heterocycles. The first-order valence-corrected chi connectivity index (χ1v) is 3.48. The fourth-order valence-corrected chi connectivity index (χ4v) is 0.870. The molecule has 0 radical (unpaired) electrons. The van der Waals surface area contributed by atoms with Crippen molar-refractivity contribution in [3.05, 3.63) is 35.4 Å². The molecule has 0 aliphatic rings. The van der Waals surface area contributed by atoms with Crippen LogP contribution in [0.25, 0.3) is 0 Å². The lowest BCUT2D eigenvalue weighted by molar-refractivity contribution is 0.0751. The van der Waals surface area contributed by atoms with Crippen molar-refractivity contribution < 1.29 is 9.08 Å². The van der Waals surface area contributed by atoms with E-state index in [0.717, 1.165) is 0 Å². The molecule has 0 fully saturated rings. The Balaban J connectivity index is 3.04. The van der Waals surface area contributed by atoms with Crippen molar-refractivity contribution in [1.29, 1.82) is 0 Å². The lowest BCUT2D eigenvalue weighted by Crippen LogP contribution is -1.97. The van der Waals surface area contributed by atoms with Crippen LogP contribution in [0.5, 0.6) is 0 Å². The van der Waals surface area contributed by atoms with Crippen LogP contribution in [0.3, 0.4) is 0 Å². The van der Waals surface area contributed by atoms with E-state index in [1.165, 1.54) is 6.07 Å². The summed E-state index contributed by atoms with van der Waals surface area (Å²) in [7, 11) is 0. The molecule has 3 heteroatoms. The van der Waals surface area contributed by atoms with Gasteiger partial charge in [-0.2, -0.15) is 0 Å². The summed E-state index contributed by atoms with van der Waals surface area (Å²) in [5.41, 5.74) is 0.968. The van der Waals surface area contributed by atoms with Gasteiger partial charge in [0.2, 0.25) is 0 Å². The van der Waals surface area contributed by atoms with E-state index in [-0.39, 0.29) is 0 Å². The zero-order valence-electron chi connectivity index (χ0n) is 6.08. The summed E-state index contributed by atoms with van der Waals surface area (Å²) in [5, 5.41) is 0. The van der Waals surface area contributed by atoms with Gasteiger partial charge in [-0.15, -0.1) is 6.42 Å². The number of rotatable bonds is 1. The molecule has 60 valence electrons. The molecule has 0 saturated heterocycles. The molecular weight excluding hydrogens is 176 g/mol. The van der Waals surface area contributed by atoms with Gasteiger partial charge < -0.3 is 4.29 Å². The molecule has 0 aliphatic heterocycles. The minimum atomic E-state index is -0.603. The lowest BCUT2D eigenvalue weighted by Gasteiger charge is -1.95. The van der Waals surface area contributed by atoms with Gasteiger partial charge in [0, 0.05) is 5.56 Å². The first kappa shape index (κ1) is 8.63. The van der Waals surface area contributed by atoms with Crippen molar-refractivity contribution >= 4 is 17.8 Å². The second-order valence-corrected chi connectivity index (χ2v) is 2.24. The van der Waals surface area contributed by atoms with Crippen LogP contribution < -0.4 is 0 Å². The van der Waals surface area contributed by atoms with E-state index in [1.54, 1.807) is 18.2 Å². The summed E-state index contributed by atoms with van der Waals surface area (Å²) in [5.74, 6) is 1.79. The van der Waals surface area contributed by atoms with Crippen molar-refractivity contribution in [2.24, 2.45) is 0 Å². The number of carbonyl (C=O) groups excluding carboxylic acids is 1. The summed E-state index contributed by atoms with van der Waals surface area (Å²) < 4.78 is 4.00. The summed E-state index contributed by atoms with van der Waals surface area (Å²) >= 11 is 4.88. The number of carbonyl (C=O) groups is 1. The number of benzene rings is 1. The van der Waals surface area contributed by atoms with Gasteiger partial charge in [-0.1, -0.05) is 12.0 Å². The molecule has 0 bridgehead atoms. The van der Waals surface area contributed by atoms with Gasteiger partial charge in [-0.3, -0.25) is 0 Å². The highest BCUT2D eigenvalue weighted by molar-refractivity contribution is 6.15. The summed E-state index contributed by atoms with van der Waals surface area (Å²) in [4.78, 5) is 10.9. The largest absolute Gasteiger partial charge is 0.356 e. The van der Waals surface area contributed by atoms with Crippen molar-refractivity contribution in [3.8, 4) is 12.3 Å². The van der Waals surface area contributed by atoms with Crippen molar-refractivity contribution in [2.75, 3.05) is 0 Å². The second-order valence-electron chi connectivity index (χ2n) is 2.09. The SMILES string of the molecule is C#Cc1cccc(C(=O)OCl)c1. The molecule has 0 saturated carbocycles. The van der Waals surface area contributed by atoms with E-state index in [4.69, 9.17) is 18.3 Å². The summed E-state index contributed by atoms with van der Waals surface area (Å²) in [6.07, 6.45) is 5.13. The molecule has 1 aromatic rings. The third-order valence-corrected chi connectivity index (χ3v) is 1.48. The molecule has 12 heavy (non-hydrogen) atoms. The maximum atomic E-state index is 10.9. The van der Waals surface area contributed by atoms with Crippen LogP contribution in [-0.4, -0.2) is 5.97 Å². The molecule has 0 atom stereocenters. The van der Waals surface area contributed by atoms with E-state index in [1.807, 2.05) is 0 Å². The summed E-state index contributed by atoms with van der Waals surface area (Å²) in [6, 6.07) is 6.49. The van der Waals surface area contributed by atoms with Crippen LogP contribution in [0.4, 0.5) is 0 Å². The van der Waals surface area contributed by atoms with Crippen LogP contribution in [0.2, 0.25) is 0 Å². The predicted molar refractivity (Wildman–Crippen MR) is 45.6 cm³/mol. The van der Waals surface area contributed by atoms with E-state index in [2.05, 4.69) is 10.2 Å². The fourth-order valence-electron chi connectivity index (χ4n) is 0.780. The van der Waals surface area contributed by atoms with Gasteiger partial charge in [0.05, 0.1) is 5.56 Å². The first-order valence-electron chi connectivity index (χ1n) is 3.17. The summed E-state index contributed by atoms with van der Waals surface area (Å²) in [6.45, 7) is 0. The second kappa shape index (κ2) is 3.80. The monoisotopic (exact) mass is 180 g/mol. The maximum absolute atomic E-state index is 10.9. The molecule has 0 spiro atoms. The Labute approximate surface area is 75.3 Å². The van der Waals surface area contributed by atoms with Gasteiger partial charge in [-0.05, 0) is 18.2 Å². The molecule has 2 nitrogen and oxygen atoms in total. The fraction of sp³-hybridized carbons (Fsp3) is 0. The molecule has 0 N–H and O–H groups in total. The molecule has 0 unspecified atom stereocenters. The van der Waals surface area contributed by atoms with Gasteiger partial charge in [0.15, 0.2) is 0 Å². The predicted octanol–water partition coefficient (Wildman–Crippen LogP) is 1.98. The van der Waals surface area contributed by atoms with Crippen molar-refractivity contribution in [3.63, 3.8) is 0 Å². The van der Waals surface area contributed by atoms with Gasteiger partial charge in [-0.25, -0.2) is 4.79 Å². The minimum absolute atomic E-state index is 0.348. The number of halogens is 1. The van der Waals surface area contributed by atoms with Crippen LogP contribution in [0, 0.1) is 12.3 Å². The Morgan fingerprint density at radius 3 is 2.92 bits per heavy atom. The topological polar surface area (TPSA) is 26.3 Å². The van der Waals surface area contributed by atoms with E-state index in [0.29, 0.717) is 11.1 Å². The van der Waals surface area contributed by atoms with E-state index < -0.39 is 5.97 Å². The van der Waals surface area contributed by atoms with Gasteiger partial charge >= 0.3 is 5.97 Å². The quantitative estimate of drug-likeness (QED) is 0.618. The van der Waals surface area contributed by atoms with Crippen LogP contribution in [0.15, 0.2) is 24.3 Å². The average Bonchev–Trinajstić information content (AvgIpc) is 2.17. The van der Waals surface area contributed by atoms with Crippen LogP contribution in [0.1, 0.15) is 15.9 Å². The standard InChI is InChI=1S/C9H5ClO2/c1-2-7-4-3-5-8(6-7)9(11)12-10/h1,3-6H. The number of hydrogen-bond donors (Lipinski definition) is 0. The molecule has 1 aromatic carbocycles. The zero-order valence-corrected chi connectivity index (χ0v) is 6.84.